The van der Waals surface area contributed by atoms with Crippen LogP contribution in [0.25, 0.3) is 0 Å². The van der Waals surface area contributed by atoms with Crippen LogP contribution in [0.5, 0.6) is 0 Å². The monoisotopic (exact) mass is 102 g/mol. The van der Waals surface area contributed by atoms with Crippen molar-refractivity contribution in [3.63, 3.8) is 0 Å². The van der Waals surface area contributed by atoms with Crippen LogP contribution in [-0.2, 0) is 9.47 Å². The lowest BCUT2D eigenvalue weighted by Gasteiger charge is -1.50. The lowest BCUT2D eigenvalue weighted by atomic mass is 10.6. The second-order valence-corrected chi connectivity index (χ2v) is 1.76. The maximum absolute atomic E-state index is 4.71. The molecule has 0 bridgehead atoms. The van der Waals surface area contributed by atoms with E-state index in [4.69, 9.17) is 4.74 Å². The third kappa shape index (κ3) is 5.92. The van der Waals surface area contributed by atoms with Gasteiger partial charge in [-0.25, -0.2) is 0 Å². The van der Waals surface area contributed by atoms with E-state index in [1.165, 1.54) is 0 Å². The molecule has 2 heterocycles. The minimum atomic E-state index is 0.583. The van der Waals surface area contributed by atoms with E-state index in [9.17, 15) is 0 Å². The average Bonchev–Trinajstić information content (AvgIpc) is 2.27. The second kappa shape index (κ2) is 2.28. The van der Waals surface area contributed by atoms with Crippen molar-refractivity contribution >= 4 is 0 Å². The molecule has 2 fully saturated rings. The van der Waals surface area contributed by atoms with E-state index in [2.05, 4.69) is 11.7 Å². The molecule has 2 heteroatoms. The van der Waals surface area contributed by atoms with Crippen LogP contribution >= 0.6 is 0 Å². The third-order valence-electron chi connectivity index (χ3n) is 0.704. The molecule has 0 spiro atoms. The molecule has 0 aromatic carbocycles. The van der Waals surface area contributed by atoms with Crippen molar-refractivity contribution in [2.45, 2.75) is 13.0 Å². The molecule has 0 aromatic rings. The molecular weight excluding hydrogens is 92.1 g/mol. The Labute approximate surface area is 43.4 Å². The van der Waals surface area contributed by atoms with Crippen molar-refractivity contribution in [1.82, 2.24) is 0 Å². The molecule has 0 aromatic heterocycles. The van der Waals surface area contributed by atoms with Crippen molar-refractivity contribution < 1.29 is 9.47 Å². The van der Waals surface area contributed by atoms with Crippen LogP contribution in [0, 0.1) is 0 Å². The predicted molar refractivity (Wildman–Crippen MR) is 26.2 cm³/mol. The van der Waals surface area contributed by atoms with E-state index in [1.54, 1.807) is 0 Å². The Hall–Kier alpha value is -0.0800. The molecule has 0 N–H and O–H groups in total. The van der Waals surface area contributed by atoms with Crippen LogP contribution in [0.15, 0.2) is 0 Å². The summed E-state index contributed by atoms with van der Waals surface area (Å²) in [4.78, 5) is 0. The zero-order chi connectivity index (χ0) is 5.11. The van der Waals surface area contributed by atoms with Gasteiger partial charge in [-0.15, -0.1) is 0 Å². The molecule has 0 amide bonds. The van der Waals surface area contributed by atoms with Gasteiger partial charge in [0.15, 0.2) is 0 Å². The van der Waals surface area contributed by atoms with Gasteiger partial charge < -0.3 is 9.47 Å². The number of hydrogen-bond donors (Lipinski definition) is 0. The lowest BCUT2D eigenvalue weighted by Crippen LogP contribution is -1.60. The quantitative estimate of drug-likeness (QED) is 0.414. The van der Waals surface area contributed by atoms with Gasteiger partial charge in [0.05, 0.1) is 25.9 Å². The maximum Gasteiger partial charge on any atom is 0.0781 e. The molecule has 2 rings (SSSR count). The Bertz CT molecular complexity index is 45.3. The Morgan fingerprint density at radius 1 is 1.43 bits per heavy atom. The van der Waals surface area contributed by atoms with Gasteiger partial charge in [0, 0.05) is 0 Å². The fraction of sp³-hybridized carbons (Fsp3) is 1.00. The van der Waals surface area contributed by atoms with Gasteiger partial charge in [-0.3, -0.25) is 0 Å². The molecule has 0 saturated carbocycles. The van der Waals surface area contributed by atoms with E-state index in [0.717, 1.165) is 19.8 Å². The van der Waals surface area contributed by atoms with Crippen molar-refractivity contribution in [1.29, 1.82) is 0 Å². The summed E-state index contributed by atoms with van der Waals surface area (Å²) in [5.41, 5.74) is 0. The Morgan fingerprint density at radius 2 is 1.71 bits per heavy atom. The molecule has 0 unspecified atom stereocenters. The van der Waals surface area contributed by atoms with E-state index in [-0.39, 0.29) is 0 Å². The number of epoxide rings is 2. The summed E-state index contributed by atoms with van der Waals surface area (Å²) in [7, 11) is 0. The summed E-state index contributed by atoms with van der Waals surface area (Å²) in [5, 5.41) is 0. The van der Waals surface area contributed by atoms with Crippen molar-refractivity contribution in [3.8, 4) is 0 Å². The largest absolute Gasteiger partial charge is 0.377 e. The highest BCUT2D eigenvalue weighted by Gasteiger charge is 2.13. The molecule has 0 aliphatic carbocycles. The number of rotatable bonds is 0. The fourth-order valence-electron chi connectivity index (χ4n) is 0.0962. The third-order valence-corrected chi connectivity index (χ3v) is 0.704. The van der Waals surface area contributed by atoms with Crippen LogP contribution in [-0.4, -0.2) is 25.9 Å². The van der Waals surface area contributed by atoms with Crippen LogP contribution < -0.4 is 0 Å². The predicted octanol–water partition coefficient (Wildman–Crippen LogP) is 0.422. The Morgan fingerprint density at radius 3 is 1.71 bits per heavy atom. The van der Waals surface area contributed by atoms with Crippen LogP contribution in [0.2, 0.25) is 0 Å². The van der Waals surface area contributed by atoms with Crippen molar-refractivity contribution in [2.75, 3.05) is 19.8 Å². The van der Waals surface area contributed by atoms with Gasteiger partial charge >= 0.3 is 0 Å². The van der Waals surface area contributed by atoms with Crippen LogP contribution in [0.4, 0.5) is 0 Å². The summed E-state index contributed by atoms with van der Waals surface area (Å²) in [6, 6.07) is 0. The first-order valence-corrected chi connectivity index (χ1v) is 2.59. The van der Waals surface area contributed by atoms with Gasteiger partial charge in [0.2, 0.25) is 0 Å². The van der Waals surface area contributed by atoms with Crippen LogP contribution in [0.1, 0.15) is 6.92 Å². The average molecular weight is 102 g/mol. The molecule has 2 aliphatic heterocycles. The van der Waals surface area contributed by atoms with Gasteiger partial charge in [-0.1, -0.05) is 0 Å². The minimum absolute atomic E-state index is 0.583. The van der Waals surface area contributed by atoms with Crippen molar-refractivity contribution in [2.24, 2.45) is 0 Å². The minimum Gasteiger partial charge on any atom is -0.377 e. The van der Waals surface area contributed by atoms with Crippen LogP contribution in [0.3, 0.4) is 0 Å². The molecule has 2 saturated heterocycles. The van der Waals surface area contributed by atoms with E-state index < -0.39 is 0 Å². The number of hydrogen-bond acceptors (Lipinski definition) is 2. The highest BCUT2D eigenvalue weighted by molar-refractivity contribution is 4.58. The summed E-state index contributed by atoms with van der Waals surface area (Å²) in [5.74, 6) is 0. The fourth-order valence-corrected chi connectivity index (χ4v) is 0.0962. The molecule has 2 aliphatic rings. The first-order chi connectivity index (χ1) is 3.39. The summed E-state index contributed by atoms with van der Waals surface area (Å²) >= 11 is 0. The standard InChI is InChI=1S/C3H6O.C2H4O/c1-3-2-4-3;1-2-3-1/h3H,2H2,1H3;1-2H2/t3-;/m0./s1. The Kier molecular flexibility index (Phi) is 1.65. The van der Waals surface area contributed by atoms with E-state index >= 15 is 0 Å². The summed E-state index contributed by atoms with van der Waals surface area (Å²) in [6.45, 7) is 5.04. The summed E-state index contributed by atoms with van der Waals surface area (Å²) in [6.07, 6.45) is 0.583. The highest BCUT2D eigenvalue weighted by atomic mass is 16.6. The van der Waals surface area contributed by atoms with E-state index in [1.807, 2.05) is 0 Å². The van der Waals surface area contributed by atoms with Crippen molar-refractivity contribution in [3.05, 3.63) is 0 Å². The zero-order valence-electron chi connectivity index (χ0n) is 4.52. The molecule has 2 nitrogen and oxygen atoms in total. The highest BCUT2D eigenvalue weighted by Crippen LogP contribution is 2.04. The normalized spacial score (nSPS) is 33.0. The second-order valence-electron chi connectivity index (χ2n) is 1.76. The van der Waals surface area contributed by atoms with Gasteiger partial charge in [0.25, 0.3) is 0 Å². The SMILES string of the molecule is C1CO1.C[C@H]1CO1. The topological polar surface area (TPSA) is 25.1 Å². The molecule has 7 heavy (non-hydrogen) atoms. The lowest BCUT2D eigenvalue weighted by molar-refractivity contribution is 0.423. The maximum atomic E-state index is 4.71. The smallest absolute Gasteiger partial charge is 0.0781 e. The molecule has 0 radical (unpaired) electrons. The van der Waals surface area contributed by atoms with Gasteiger partial charge in [-0.05, 0) is 6.92 Å². The summed E-state index contributed by atoms with van der Waals surface area (Å²) < 4.78 is 9.21. The molecule has 42 valence electrons. The van der Waals surface area contributed by atoms with Gasteiger partial charge in [0.1, 0.15) is 0 Å². The zero-order valence-corrected chi connectivity index (χ0v) is 4.52. The van der Waals surface area contributed by atoms with Gasteiger partial charge in [-0.2, -0.15) is 0 Å². The molecule has 1 atom stereocenters. The van der Waals surface area contributed by atoms with E-state index in [0.29, 0.717) is 6.10 Å². The molecular formula is C5H10O2. The Balaban J connectivity index is 0.0000000729. The first-order valence-electron chi connectivity index (χ1n) is 2.59. The first kappa shape index (κ1) is 5.06. The number of ether oxygens (including phenoxy) is 2.